The normalized spacial score (nSPS) is 23.1. The number of rotatable bonds is 2. The zero-order valence-corrected chi connectivity index (χ0v) is 14.2. The van der Waals surface area contributed by atoms with Crippen LogP contribution in [-0.4, -0.2) is 64.9 Å². The van der Waals surface area contributed by atoms with Crippen LogP contribution in [-0.2, 0) is 4.74 Å². The van der Waals surface area contributed by atoms with Gasteiger partial charge < -0.3 is 9.64 Å². The molecule has 0 unspecified atom stereocenters. The molecule has 2 aliphatic rings. The van der Waals surface area contributed by atoms with E-state index < -0.39 is 0 Å². The Hall–Kier alpha value is -1.66. The number of ether oxygens (including phenoxy) is 1. The van der Waals surface area contributed by atoms with Crippen LogP contribution in [0.25, 0.3) is 5.65 Å². The van der Waals surface area contributed by atoms with Crippen LogP contribution >= 0.6 is 0 Å². The fraction of sp³-hybridized carbons (Fsp3) is 0.647. The molecule has 124 valence electrons. The summed E-state index contributed by atoms with van der Waals surface area (Å²) in [7, 11) is 0. The largest absolute Gasteiger partial charge is 0.379 e. The SMILES string of the molecule is Cc1cc(N2CC[C@H](N3CCOCC3)C2)n2nc(C)c(C)c2n1. The van der Waals surface area contributed by atoms with E-state index in [0.717, 1.165) is 56.4 Å². The van der Waals surface area contributed by atoms with Gasteiger partial charge in [-0.3, -0.25) is 4.90 Å². The maximum absolute atomic E-state index is 5.48. The Balaban J connectivity index is 1.63. The lowest BCUT2D eigenvalue weighted by Gasteiger charge is -2.32. The number of hydrogen-bond acceptors (Lipinski definition) is 5. The Bertz CT molecular complexity index is 719. The van der Waals surface area contributed by atoms with Gasteiger partial charge in [-0.25, -0.2) is 4.98 Å². The van der Waals surface area contributed by atoms with Gasteiger partial charge in [0, 0.05) is 49.5 Å². The van der Waals surface area contributed by atoms with Crippen molar-refractivity contribution in [2.45, 2.75) is 33.2 Å². The first kappa shape index (κ1) is 14.9. The molecule has 2 aliphatic heterocycles. The van der Waals surface area contributed by atoms with E-state index in [9.17, 15) is 0 Å². The quantitative estimate of drug-likeness (QED) is 0.842. The number of aromatic nitrogens is 3. The average molecular weight is 315 g/mol. The Morgan fingerprint density at radius 2 is 1.91 bits per heavy atom. The number of nitrogens with zero attached hydrogens (tertiary/aromatic N) is 5. The minimum absolute atomic E-state index is 0.625. The Kier molecular flexibility index (Phi) is 3.73. The lowest BCUT2D eigenvalue weighted by molar-refractivity contribution is 0.0209. The Labute approximate surface area is 137 Å². The van der Waals surface area contributed by atoms with Crippen molar-refractivity contribution in [1.82, 2.24) is 19.5 Å². The molecule has 2 fully saturated rings. The summed E-state index contributed by atoms with van der Waals surface area (Å²) in [5, 5.41) is 4.71. The van der Waals surface area contributed by atoms with Crippen LogP contribution in [0.4, 0.5) is 5.82 Å². The number of fused-ring (bicyclic) bond motifs is 1. The predicted molar refractivity (Wildman–Crippen MR) is 90.2 cm³/mol. The summed E-state index contributed by atoms with van der Waals surface area (Å²) in [6, 6.07) is 2.79. The second kappa shape index (κ2) is 5.76. The molecule has 1 atom stereocenters. The third-order valence-electron chi connectivity index (χ3n) is 5.22. The number of morpholine rings is 1. The van der Waals surface area contributed by atoms with Crippen molar-refractivity contribution in [2.75, 3.05) is 44.3 Å². The van der Waals surface area contributed by atoms with Gasteiger partial charge in [-0.05, 0) is 27.2 Å². The van der Waals surface area contributed by atoms with Gasteiger partial charge in [0.25, 0.3) is 0 Å². The zero-order valence-electron chi connectivity index (χ0n) is 14.2. The molecule has 2 aromatic rings. The number of hydrogen-bond donors (Lipinski definition) is 0. The van der Waals surface area contributed by atoms with Crippen LogP contribution in [0.2, 0.25) is 0 Å². The lowest BCUT2D eigenvalue weighted by atomic mass is 10.2. The van der Waals surface area contributed by atoms with Crippen molar-refractivity contribution in [3.8, 4) is 0 Å². The van der Waals surface area contributed by atoms with E-state index in [1.807, 2.05) is 4.52 Å². The molecular weight excluding hydrogens is 290 g/mol. The van der Waals surface area contributed by atoms with Gasteiger partial charge in [-0.2, -0.15) is 9.61 Å². The van der Waals surface area contributed by atoms with Gasteiger partial charge in [0.15, 0.2) is 5.65 Å². The van der Waals surface area contributed by atoms with E-state index in [4.69, 9.17) is 9.84 Å². The summed E-state index contributed by atoms with van der Waals surface area (Å²) in [6.45, 7) is 12.2. The highest BCUT2D eigenvalue weighted by Gasteiger charge is 2.30. The average Bonchev–Trinajstić information content (AvgIpc) is 3.15. The number of anilines is 1. The first-order chi connectivity index (χ1) is 11.1. The second-order valence-electron chi connectivity index (χ2n) is 6.74. The summed E-state index contributed by atoms with van der Waals surface area (Å²) in [6.07, 6.45) is 1.21. The third kappa shape index (κ3) is 2.60. The smallest absolute Gasteiger partial charge is 0.160 e. The van der Waals surface area contributed by atoms with E-state index in [1.54, 1.807) is 0 Å². The minimum atomic E-state index is 0.625. The molecule has 0 bridgehead atoms. The van der Waals surface area contributed by atoms with Crippen LogP contribution < -0.4 is 4.90 Å². The van der Waals surface area contributed by atoms with E-state index in [0.29, 0.717) is 6.04 Å². The Morgan fingerprint density at radius 3 is 2.70 bits per heavy atom. The first-order valence-electron chi connectivity index (χ1n) is 8.54. The minimum Gasteiger partial charge on any atom is -0.379 e. The van der Waals surface area contributed by atoms with Gasteiger partial charge in [-0.15, -0.1) is 0 Å². The molecule has 0 amide bonds. The van der Waals surface area contributed by atoms with Crippen LogP contribution in [0.1, 0.15) is 23.4 Å². The molecule has 2 saturated heterocycles. The molecule has 0 aliphatic carbocycles. The van der Waals surface area contributed by atoms with Crippen molar-refractivity contribution in [1.29, 1.82) is 0 Å². The monoisotopic (exact) mass is 315 g/mol. The second-order valence-corrected chi connectivity index (χ2v) is 6.74. The molecule has 6 heteroatoms. The third-order valence-corrected chi connectivity index (χ3v) is 5.22. The molecule has 23 heavy (non-hydrogen) atoms. The summed E-state index contributed by atoms with van der Waals surface area (Å²) >= 11 is 0. The predicted octanol–water partition coefficient (Wildman–Crippen LogP) is 1.57. The number of aryl methyl sites for hydroxylation is 3. The van der Waals surface area contributed by atoms with Crippen LogP contribution in [0.3, 0.4) is 0 Å². The van der Waals surface area contributed by atoms with E-state index in [2.05, 4.69) is 41.6 Å². The van der Waals surface area contributed by atoms with E-state index >= 15 is 0 Å². The zero-order chi connectivity index (χ0) is 16.0. The van der Waals surface area contributed by atoms with Crippen LogP contribution in [0, 0.1) is 20.8 Å². The summed E-state index contributed by atoms with van der Waals surface area (Å²) < 4.78 is 7.51. The molecule has 0 spiro atoms. The summed E-state index contributed by atoms with van der Waals surface area (Å²) in [5.41, 5.74) is 4.30. The maximum Gasteiger partial charge on any atom is 0.160 e. The van der Waals surface area contributed by atoms with E-state index in [1.165, 1.54) is 17.8 Å². The summed E-state index contributed by atoms with van der Waals surface area (Å²) in [4.78, 5) is 9.73. The lowest BCUT2D eigenvalue weighted by Crippen LogP contribution is -2.44. The van der Waals surface area contributed by atoms with Gasteiger partial charge in [0.1, 0.15) is 5.82 Å². The van der Waals surface area contributed by atoms with Gasteiger partial charge in [-0.1, -0.05) is 0 Å². The van der Waals surface area contributed by atoms with Gasteiger partial charge in [0.05, 0.1) is 18.9 Å². The molecule has 6 nitrogen and oxygen atoms in total. The highest BCUT2D eigenvalue weighted by Crippen LogP contribution is 2.26. The Morgan fingerprint density at radius 1 is 1.13 bits per heavy atom. The van der Waals surface area contributed by atoms with Gasteiger partial charge in [0.2, 0.25) is 0 Å². The first-order valence-corrected chi connectivity index (χ1v) is 8.54. The topological polar surface area (TPSA) is 45.9 Å². The highest BCUT2D eigenvalue weighted by molar-refractivity contribution is 5.57. The van der Waals surface area contributed by atoms with Crippen molar-refractivity contribution < 1.29 is 4.74 Å². The standard InChI is InChI=1S/C17H25N5O/c1-12-10-16(22-17(18-12)13(2)14(3)19-22)21-5-4-15(11-21)20-6-8-23-9-7-20/h10,15H,4-9,11H2,1-3H3/t15-/m0/s1. The van der Waals surface area contributed by atoms with E-state index in [-0.39, 0.29) is 0 Å². The van der Waals surface area contributed by atoms with Gasteiger partial charge >= 0.3 is 0 Å². The molecular formula is C17H25N5O. The molecule has 4 rings (SSSR count). The highest BCUT2D eigenvalue weighted by atomic mass is 16.5. The molecule has 0 radical (unpaired) electrons. The van der Waals surface area contributed by atoms with Crippen molar-refractivity contribution in [2.24, 2.45) is 0 Å². The molecule has 0 aromatic carbocycles. The van der Waals surface area contributed by atoms with Crippen molar-refractivity contribution in [3.05, 3.63) is 23.0 Å². The fourth-order valence-corrected chi connectivity index (χ4v) is 3.75. The van der Waals surface area contributed by atoms with Crippen molar-refractivity contribution >= 4 is 11.5 Å². The van der Waals surface area contributed by atoms with Crippen LogP contribution in [0.5, 0.6) is 0 Å². The molecule has 0 N–H and O–H groups in total. The maximum atomic E-state index is 5.48. The molecule has 2 aromatic heterocycles. The fourth-order valence-electron chi connectivity index (χ4n) is 3.75. The molecule has 0 saturated carbocycles. The molecule has 4 heterocycles. The van der Waals surface area contributed by atoms with Crippen molar-refractivity contribution in [3.63, 3.8) is 0 Å². The van der Waals surface area contributed by atoms with Crippen LogP contribution in [0.15, 0.2) is 6.07 Å². The summed E-state index contributed by atoms with van der Waals surface area (Å²) in [5.74, 6) is 1.18.